The van der Waals surface area contributed by atoms with Crippen LogP contribution < -0.4 is 0 Å². The molecule has 2 saturated carbocycles. The first-order valence-electron chi connectivity index (χ1n) is 8.11. The average Bonchev–Trinajstić information content (AvgIpc) is 3.19. The van der Waals surface area contributed by atoms with E-state index in [0.29, 0.717) is 6.61 Å². The molecule has 3 heterocycles. The Morgan fingerprint density at radius 2 is 1.35 bits per heavy atom. The molecule has 4 atom stereocenters. The molecule has 5 heteroatoms. The second-order valence-corrected chi connectivity index (χ2v) is 6.87. The van der Waals surface area contributed by atoms with Gasteiger partial charge in [0.05, 0.1) is 6.61 Å². The van der Waals surface area contributed by atoms with Crippen LogP contribution >= 0.6 is 0 Å². The first-order chi connectivity index (χ1) is 9.78. The first-order valence-corrected chi connectivity index (χ1v) is 8.11. The molecule has 0 amide bonds. The van der Waals surface area contributed by atoms with E-state index in [9.17, 15) is 0 Å². The van der Waals surface area contributed by atoms with Crippen LogP contribution in [-0.2, 0) is 23.7 Å². The zero-order chi connectivity index (χ0) is 13.2. The van der Waals surface area contributed by atoms with Crippen molar-refractivity contribution in [2.24, 2.45) is 0 Å². The molecule has 0 radical (unpaired) electrons. The van der Waals surface area contributed by atoms with E-state index in [2.05, 4.69) is 0 Å². The van der Waals surface area contributed by atoms with E-state index in [1.807, 2.05) is 0 Å². The largest absolute Gasteiger partial charge is 0.347 e. The summed E-state index contributed by atoms with van der Waals surface area (Å²) in [6.07, 6.45) is 8.33. The average molecular weight is 282 g/mol. The Balaban J connectivity index is 1.37. The fraction of sp³-hybridized carbons (Fsp3) is 1.00. The molecule has 5 aliphatic rings. The summed E-state index contributed by atoms with van der Waals surface area (Å²) in [5.74, 6) is -0.751. The highest BCUT2D eigenvalue weighted by atomic mass is 16.9. The van der Waals surface area contributed by atoms with Gasteiger partial charge >= 0.3 is 0 Å². The molecular formula is C15H22O5. The molecule has 5 rings (SSSR count). The van der Waals surface area contributed by atoms with Crippen LogP contribution in [0.4, 0.5) is 0 Å². The Morgan fingerprint density at radius 1 is 0.700 bits per heavy atom. The summed E-state index contributed by atoms with van der Waals surface area (Å²) in [7, 11) is 0. The summed E-state index contributed by atoms with van der Waals surface area (Å²) in [4.78, 5) is 0. The number of ether oxygens (including phenoxy) is 5. The normalized spacial score (nSPS) is 48.0. The van der Waals surface area contributed by atoms with Gasteiger partial charge in [0, 0.05) is 25.7 Å². The molecule has 0 aromatic carbocycles. The van der Waals surface area contributed by atoms with Crippen LogP contribution in [0.25, 0.3) is 0 Å². The van der Waals surface area contributed by atoms with Gasteiger partial charge in [0.1, 0.15) is 18.3 Å². The van der Waals surface area contributed by atoms with Gasteiger partial charge < -0.3 is 23.7 Å². The van der Waals surface area contributed by atoms with Gasteiger partial charge in [0.2, 0.25) is 0 Å². The molecule has 3 aliphatic heterocycles. The Bertz CT molecular complexity index is 399. The molecule has 20 heavy (non-hydrogen) atoms. The molecule has 0 aromatic rings. The monoisotopic (exact) mass is 282 g/mol. The topological polar surface area (TPSA) is 46.2 Å². The molecule has 2 spiro atoms. The maximum Gasteiger partial charge on any atom is 0.190 e. The van der Waals surface area contributed by atoms with Gasteiger partial charge in [0.25, 0.3) is 0 Å². The Hall–Kier alpha value is -0.200. The zero-order valence-corrected chi connectivity index (χ0v) is 11.7. The molecule has 1 unspecified atom stereocenters. The zero-order valence-electron chi connectivity index (χ0n) is 11.7. The number of hydrogen-bond donors (Lipinski definition) is 0. The summed E-state index contributed by atoms with van der Waals surface area (Å²) in [6, 6.07) is 0. The summed E-state index contributed by atoms with van der Waals surface area (Å²) in [5, 5.41) is 0. The Morgan fingerprint density at radius 3 is 2.10 bits per heavy atom. The van der Waals surface area contributed by atoms with Crippen molar-refractivity contribution < 1.29 is 23.7 Å². The predicted molar refractivity (Wildman–Crippen MR) is 67.8 cm³/mol. The van der Waals surface area contributed by atoms with Crippen molar-refractivity contribution in [1.82, 2.24) is 0 Å². The van der Waals surface area contributed by atoms with Crippen molar-refractivity contribution in [3.63, 3.8) is 0 Å². The number of hydrogen-bond acceptors (Lipinski definition) is 5. The summed E-state index contributed by atoms with van der Waals surface area (Å²) >= 11 is 0. The molecule has 3 saturated heterocycles. The van der Waals surface area contributed by atoms with E-state index < -0.39 is 0 Å². The molecule has 5 fully saturated rings. The van der Waals surface area contributed by atoms with Gasteiger partial charge in [-0.3, -0.25) is 0 Å². The van der Waals surface area contributed by atoms with Crippen molar-refractivity contribution >= 4 is 0 Å². The second-order valence-electron chi connectivity index (χ2n) is 6.87. The fourth-order valence-electron chi connectivity index (χ4n) is 4.52. The SMILES string of the molecule is C1CCC2(C1)OC1[C@@H](O[C@H]3COC4(CCCC4)O[C@@H]13)O2. The molecule has 0 bridgehead atoms. The Kier molecular flexibility index (Phi) is 2.58. The van der Waals surface area contributed by atoms with E-state index in [1.54, 1.807) is 0 Å². The second kappa shape index (κ2) is 4.17. The molecule has 0 aromatic heterocycles. The minimum absolute atomic E-state index is 0.0215. The van der Waals surface area contributed by atoms with Gasteiger partial charge in [-0.1, -0.05) is 0 Å². The standard InChI is InChI=1S/C15H22O5/c1-2-6-14(5-1)16-9-10-11(18-14)12-13(17-10)20-15(19-12)7-3-4-8-15/h10-13H,1-9H2/t10-,11+,12?,13-/m0/s1. The minimum atomic E-state index is -0.384. The molecule has 0 N–H and O–H groups in total. The van der Waals surface area contributed by atoms with Crippen molar-refractivity contribution in [3.8, 4) is 0 Å². The molecule has 5 nitrogen and oxygen atoms in total. The van der Waals surface area contributed by atoms with Gasteiger partial charge in [0.15, 0.2) is 17.9 Å². The van der Waals surface area contributed by atoms with Crippen LogP contribution in [0.2, 0.25) is 0 Å². The quantitative estimate of drug-likeness (QED) is 0.681. The lowest BCUT2D eigenvalue weighted by molar-refractivity contribution is -0.332. The van der Waals surface area contributed by atoms with Gasteiger partial charge in [-0.15, -0.1) is 0 Å². The van der Waals surface area contributed by atoms with Gasteiger partial charge in [-0.2, -0.15) is 0 Å². The van der Waals surface area contributed by atoms with Crippen LogP contribution in [0.15, 0.2) is 0 Å². The number of rotatable bonds is 0. The maximum absolute atomic E-state index is 6.32. The van der Waals surface area contributed by atoms with Crippen LogP contribution in [0.1, 0.15) is 51.4 Å². The van der Waals surface area contributed by atoms with Gasteiger partial charge in [-0.05, 0) is 25.7 Å². The van der Waals surface area contributed by atoms with Crippen molar-refractivity contribution in [1.29, 1.82) is 0 Å². The highest BCUT2D eigenvalue weighted by Gasteiger charge is 2.62. The van der Waals surface area contributed by atoms with E-state index in [0.717, 1.165) is 25.7 Å². The van der Waals surface area contributed by atoms with Crippen LogP contribution in [0.3, 0.4) is 0 Å². The van der Waals surface area contributed by atoms with E-state index in [1.165, 1.54) is 25.7 Å². The minimum Gasteiger partial charge on any atom is -0.347 e. The summed E-state index contributed by atoms with van der Waals surface area (Å²) in [5.41, 5.74) is 0. The van der Waals surface area contributed by atoms with Crippen molar-refractivity contribution in [2.75, 3.05) is 6.61 Å². The Labute approximate surface area is 118 Å². The fourth-order valence-corrected chi connectivity index (χ4v) is 4.52. The van der Waals surface area contributed by atoms with E-state index >= 15 is 0 Å². The lowest BCUT2D eigenvalue weighted by atomic mass is 10.1. The van der Waals surface area contributed by atoms with Crippen molar-refractivity contribution in [2.45, 2.75) is 87.5 Å². The third-order valence-electron chi connectivity index (χ3n) is 5.54. The predicted octanol–water partition coefficient (Wildman–Crippen LogP) is 2.08. The molecular weight excluding hydrogens is 260 g/mol. The maximum atomic E-state index is 6.32. The lowest BCUT2D eigenvalue weighted by Crippen LogP contribution is -2.52. The number of fused-ring (bicyclic) bond motifs is 3. The first kappa shape index (κ1) is 12.4. The highest BCUT2D eigenvalue weighted by molar-refractivity contribution is 5.00. The molecule has 2 aliphatic carbocycles. The van der Waals surface area contributed by atoms with Crippen LogP contribution in [-0.4, -0.2) is 42.8 Å². The van der Waals surface area contributed by atoms with E-state index in [-0.39, 0.29) is 36.2 Å². The van der Waals surface area contributed by atoms with Crippen molar-refractivity contribution in [3.05, 3.63) is 0 Å². The van der Waals surface area contributed by atoms with Gasteiger partial charge in [-0.25, -0.2) is 0 Å². The third-order valence-corrected chi connectivity index (χ3v) is 5.54. The third kappa shape index (κ3) is 1.67. The highest BCUT2D eigenvalue weighted by Crippen LogP contribution is 2.50. The summed E-state index contributed by atoms with van der Waals surface area (Å²) in [6.45, 7) is 0.609. The molecule has 112 valence electrons. The van der Waals surface area contributed by atoms with E-state index in [4.69, 9.17) is 23.7 Å². The summed E-state index contributed by atoms with van der Waals surface area (Å²) < 4.78 is 30.6. The van der Waals surface area contributed by atoms with Crippen LogP contribution in [0.5, 0.6) is 0 Å². The smallest absolute Gasteiger partial charge is 0.190 e. The lowest BCUT2D eigenvalue weighted by Gasteiger charge is -2.41. The van der Waals surface area contributed by atoms with Crippen LogP contribution in [0, 0.1) is 0 Å².